The van der Waals surface area contributed by atoms with Gasteiger partial charge in [0, 0.05) is 17.2 Å². The monoisotopic (exact) mass is 328 g/mol. The van der Waals surface area contributed by atoms with Crippen LogP contribution in [0.5, 0.6) is 0 Å². The topological polar surface area (TPSA) is 58.6 Å². The summed E-state index contributed by atoms with van der Waals surface area (Å²) in [4.78, 5) is 25.7. The predicted octanol–water partition coefficient (Wildman–Crippen LogP) is 2.51. The molecule has 1 rings (SSSR count). The number of nitrogens with one attached hydrogen (secondary N) is 1. The molecule has 2 amide bonds. The molecule has 0 bridgehead atoms. The van der Waals surface area contributed by atoms with E-state index in [9.17, 15) is 14.0 Å². The largest absolute Gasteiger partial charge is 0.450 e. The van der Waals surface area contributed by atoms with Crippen LogP contribution >= 0.6 is 11.8 Å². The SMILES string of the molecule is CCOC(=O)NC(=O)CN(CC)CCSc1ccc(F)cc1. The molecule has 1 aromatic rings. The highest BCUT2D eigenvalue weighted by Gasteiger charge is 2.12. The van der Waals surface area contributed by atoms with Crippen molar-refractivity contribution in [2.45, 2.75) is 18.7 Å². The summed E-state index contributed by atoms with van der Waals surface area (Å²) in [6, 6.07) is 6.30. The molecule has 1 aromatic carbocycles. The molecular formula is C15H21FN2O3S. The zero-order valence-corrected chi connectivity index (χ0v) is 13.6. The number of thioether (sulfide) groups is 1. The smallest absolute Gasteiger partial charge is 0.413 e. The number of ether oxygens (including phenoxy) is 1. The van der Waals surface area contributed by atoms with Crippen molar-refractivity contribution in [3.8, 4) is 0 Å². The summed E-state index contributed by atoms with van der Waals surface area (Å²) in [5, 5.41) is 2.17. The van der Waals surface area contributed by atoms with E-state index in [0.717, 1.165) is 10.6 Å². The van der Waals surface area contributed by atoms with Crippen LogP contribution in [0.3, 0.4) is 0 Å². The average Bonchev–Trinajstić information content (AvgIpc) is 2.48. The van der Waals surface area contributed by atoms with Crippen molar-refractivity contribution >= 4 is 23.8 Å². The molecule has 0 atom stereocenters. The summed E-state index contributed by atoms with van der Waals surface area (Å²) in [6.07, 6.45) is -0.718. The zero-order chi connectivity index (χ0) is 16.4. The summed E-state index contributed by atoms with van der Waals surface area (Å²) in [6.45, 7) is 5.37. The molecule has 0 aliphatic rings. The van der Waals surface area contributed by atoms with Gasteiger partial charge in [-0.25, -0.2) is 9.18 Å². The second kappa shape index (κ2) is 10.2. The van der Waals surface area contributed by atoms with Crippen LogP contribution in [0.25, 0.3) is 0 Å². The van der Waals surface area contributed by atoms with E-state index in [1.165, 1.54) is 12.1 Å². The van der Waals surface area contributed by atoms with Crippen LogP contribution in [0.15, 0.2) is 29.2 Å². The first-order chi connectivity index (χ1) is 10.5. The quantitative estimate of drug-likeness (QED) is 0.743. The number of imide groups is 1. The maximum Gasteiger partial charge on any atom is 0.413 e. The number of halogens is 1. The lowest BCUT2D eigenvalue weighted by molar-refractivity contribution is -0.121. The minimum Gasteiger partial charge on any atom is -0.450 e. The molecule has 0 unspecified atom stereocenters. The molecule has 0 fully saturated rings. The molecule has 0 aliphatic heterocycles. The number of alkyl carbamates (subject to hydrolysis) is 1. The summed E-state index contributed by atoms with van der Waals surface area (Å²) in [7, 11) is 0. The number of carbonyl (C=O) groups excluding carboxylic acids is 2. The molecule has 0 radical (unpaired) electrons. The first kappa shape index (κ1) is 18.4. The molecule has 0 heterocycles. The molecule has 0 spiro atoms. The van der Waals surface area contributed by atoms with Crippen molar-refractivity contribution < 1.29 is 18.7 Å². The number of nitrogens with zero attached hydrogens (tertiary/aromatic N) is 1. The minimum atomic E-state index is -0.718. The average molecular weight is 328 g/mol. The van der Waals surface area contributed by atoms with Crippen molar-refractivity contribution in [1.29, 1.82) is 0 Å². The van der Waals surface area contributed by atoms with E-state index < -0.39 is 6.09 Å². The fourth-order valence-electron chi connectivity index (χ4n) is 1.70. The van der Waals surface area contributed by atoms with Crippen molar-refractivity contribution in [3.05, 3.63) is 30.1 Å². The molecule has 22 heavy (non-hydrogen) atoms. The van der Waals surface area contributed by atoms with E-state index in [-0.39, 0.29) is 24.9 Å². The number of rotatable bonds is 8. The molecular weight excluding hydrogens is 307 g/mol. The molecule has 0 saturated heterocycles. The Kier molecular flexibility index (Phi) is 8.54. The van der Waals surface area contributed by atoms with Gasteiger partial charge in [0.25, 0.3) is 0 Å². The van der Waals surface area contributed by atoms with Gasteiger partial charge in [-0.1, -0.05) is 6.92 Å². The van der Waals surface area contributed by atoms with Gasteiger partial charge in [0.1, 0.15) is 5.82 Å². The zero-order valence-electron chi connectivity index (χ0n) is 12.8. The Balaban J connectivity index is 2.30. The lowest BCUT2D eigenvalue weighted by Crippen LogP contribution is -2.41. The Hall–Kier alpha value is -1.60. The molecule has 0 aromatic heterocycles. The summed E-state index contributed by atoms with van der Waals surface area (Å²) >= 11 is 1.59. The van der Waals surface area contributed by atoms with Crippen molar-refractivity contribution in [3.63, 3.8) is 0 Å². The van der Waals surface area contributed by atoms with Gasteiger partial charge in [0.2, 0.25) is 5.91 Å². The minimum absolute atomic E-state index is 0.138. The fraction of sp³-hybridized carbons (Fsp3) is 0.467. The van der Waals surface area contributed by atoms with E-state index >= 15 is 0 Å². The first-order valence-corrected chi connectivity index (χ1v) is 8.11. The second-order valence-electron chi connectivity index (χ2n) is 4.44. The van der Waals surface area contributed by atoms with Gasteiger partial charge in [-0.2, -0.15) is 0 Å². The van der Waals surface area contributed by atoms with Crippen LogP contribution < -0.4 is 5.32 Å². The number of likely N-dealkylation sites (N-methyl/N-ethyl adjacent to an activating group) is 1. The van der Waals surface area contributed by atoms with Crippen molar-refractivity contribution in [2.75, 3.05) is 32.0 Å². The normalized spacial score (nSPS) is 10.5. The number of amides is 2. The highest BCUT2D eigenvalue weighted by atomic mass is 32.2. The summed E-state index contributed by atoms with van der Waals surface area (Å²) < 4.78 is 17.4. The van der Waals surface area contributed by atoms with E-state index in [4.69, 9.17) is 0 Å². The van der Waals surface area contributed by atoms with Crippen LogP contribution in [0.1, 0.15) is 13.8 Å². The van der Waals surface area contributed by atoms with Gasteiger partial charge in [0.15, 0.2) is 0 Å². The van der Waals surface area contributed by atoms with Gasteiger partial charge < -0.3 is 4.74 Å². The Bertz CT molecular complexity index is 482. The van der Waals surface area contributed by atoms with Crippen LogP contribution in [0.2, 0.25) is 0 Å². The summed E-state index contributed by atoms with van der Waals surface area (Å²) in [5.41, 5.74) is 0. The highest BCUT2D eigenvalue weighted by Crippen LogP contribution is 2.17. The maximum absolute atomic E-state index is 12.8. The van der Waals surface area contributed by atoms with E-state index in [1.54, 1.807) is 30.8 Å². The third-order valence-corrected chi connectivity index (χ3v) is 3.81. The standard InChI is InChI=1S/C15H21FN2O3S/c1-3-18(11-14(19)17-15(20)21-4-2)9-10-22-13-7-5-12(16)6-8-13/h5-8H,3-4,9-11H2,1-2H3,(H,17,19,20). The van der Waals surface area contributed by atoms with Gasteiger partial charge in [-0.15, -0.1) is 11.8 Å². The van der Waals surface area contributed by atoms with Gasteiger partial charge >= 0.3 is 6.09 Å². The molecule has 122 valence electrons. The molecule has 5 nitrogen and oxygen atoms in total. The Morgan fingerprint density at radius 3 is 2.55 bits per heavy atom. The van der Waals surface area contributed by atoms with Gasteiger partial charge in [-0.3, -0.25) is 15.0 Å². The van der Waals surface area contributed by atoms with Crippen LogP contribution in [0.4, 0.5) is 9.18 Å². The number of carbonyl (C=O) groups is 2. The van der Waals surface area contributed by atoms with Gasteiger partial charge in [-0.05, 0) is 37.7 Å². The Labute approximate surface area is 134 Å². The van der Waals surface area contributed by atoms with E-state index in [0.29, 0.717) is 13.1 Å². The Morgan fingerprint density at radius 2 is 1.95 bits per heavy atom. The van der Waals surface area contributed by atoms with E-state index in [1.807, 2.05) is 11.8 Å². The van der Waals surface area contributed by atoms with Crippen LogP contribution in [0, 0.1) is 5.82 Å². The first-order valence-electron chi connectivity index (χ1n) is 7.12. The van der Waals surface area contributed by atoms with Crippen LogP contribution in [-0.2, 0) is 9.53 Å². The maximum atomic E-state index is 12.8. The number of benzene rings is 1. The lowest BCUT2D eigenvalue weighted by atomic mass is 10.4. The number of hydrogen-bond donors (Lipinski definition) is 1. The van der Waals surface area contributed by atoms with Crippen LogP contribution in [-0.4, -0.2) is 48.9 Å². The van der Waals surface area contributed by atoms with Gasteiger partial charge in [0.05, 0.1) is 13.2 Å². The van der Waals surface area contributed by atoms with Crippen molar-refractivity contribution in [1.82, 2.24) is 10.2 Å². The van der Waals surface area contributed by atoms with Crippen molar-refractivity contribution in [2.24, 2.45) is 0 Å². The molecule has 0 saturated carbocycles. The lowest BCUT2D eigenvalue weighted by Gasteiger charge is -2.19. The molecule has 0 aliphatic carbocycles. The number of hydrogen-bond acceptors (Lipinski definition) is 5. The Morgan fingerprint density at radius 1 is 1.27 bits per heavy atom. The summed E-state index contributed by atoms with van der Waals surface area (Å²) in [5.74, 6) is 0.133. The third-order valence-electron chi connectivity index (χ3n) is 2.82. The molecule has 1 N–H and O–H groups in total. The fourth-order valence-corrected chi connectivity index (χ4v) is 2.61. The third kappa shape index (κ3) is 7.42. The second-order valence-corrected chi connectivity index (χ2v) is 5.61. The molecule has 7 heteroatoms. The highest BCUT2D eigenvalue weighted by molar-refractivity contribution is 7.99. The van der Waals surface area contributed by atoms with E-state index in [2.05, 4.69) is 10.1 Å². The predicted molar refractivity (Wildman–Crippen MR) is 84.4 cm³/mol.